The van der Waals surface area contributed by atoms with Gasteiger partial charge in [-0.05, 0) is 49.2 Å². The summed E-state index contributed by atoms with van der Waals surface area (Å²) in [5.74, 6) is -0.215. The summed E-state index contributed by atoms with van der Waals surface area (Å²) in [7, 11) is 0. The minimum atomic E-state index is -0.215. The van der Waals surface area contributed by atoms with Crippen molar-refractivity contribution >= 4 is 28.8 Å². The Kier molecular flexibility index (Phi) is 6.59. The Morgan fingerprint density at radius 1 is 1.34 bits per heavy atom. The molecule has 1 aromatic heterocycles. The summed E-state index contributed by atoms with van der Waals surface area (Å²) in [5, 5.41) is 12.9. The number of benzene rings is 2. The minimum absolute atomic E-state index is 0.153. The molecular formula is C22H24N6O. The molecule has 0 fully saturated rings. The number of carbonyl (C=O) groups excluding carboxylic acids is 1. The number of carbonyl (C=O) groups is 1. The zero-order valence-corrected chi connectivity index (χ0v) is 16.7. The van der Waals surface area contributed by atoms with Crippen molar-refractivity contribution in [2.24, 2.45) is 5.10 Å². The lowest BCUT2D eigenvalue weighted by molar-refractivity contribution is -0.121. The van der Waals surface area contributed by atoms with Gasteiger partial charge >= 0.3 is 0 Å². The van der Waals surface area contributed by atoms with E-state index in [1.165, 1.54) is 0 Å². The van der Waals surface area contributed by atoms with Gasteiger partial charge in [0.2, 0.25) is 0 Å². The maximum atomic E-state index is 12.2. The van der Waals surface area contributed by atoms with Gasteiger partial charge in [0.15, 0.2) is 0 Å². The van der Waals surface area contributed by atoms with Gasteiger partial charge in [0.1, 0.15) is 6.54 Å². The fourth-order valence-electron chi connectivity index (χ4n) is 3.16. The van der Waals surface area contributed by atoms with Crippen LogP contribution in [0.25, 0.3) is 11.0 Å². The highest BCUT2D eigenvalue weighted by Crippen LogP contribution is 2.18. The summed E-state index contributed by atoms with van der Waals surface area (Å²) in [6.07, 6.45) is 3.80. The fourth-order valence-corrected chi connectivity index (χ4v) is 3.16. The summed E-state index contributed by atoms with van der Waals surface area (Å²) in [6, 6.07) is 15.9. The third kappa shape index (κ3) is 4.99. The van der Waals surface area contributed by atoms with E-state index in [0.29, 0.717) is 13.0 Å². The van der Waals surface area contributed by atoms with E-state index in [4.69, 9.17) is 5.26 Å². The van der Waals surface area contributed by atoms with E-state index in [0.717, 1.165) is 34.4 Å². The molecule has 0 aliphatic rings. The maximum Gasteiger partial charge on any atom is 0.260 e. The number of hydrogen-bond acceptors (Lipinski definition) is 5. The molecule has 29 heavy (non-hydrogen) atoms. The van der Waals surface area contributed by atoms with Gasteiger partial charge in [-0.2, -0.15) is 10.4 Å². The average molecular weight is 388 g/mol. The summed E-state index contributed by atoms with van der Waals surface area (Å²) in [4.78, 5) is 18.6. The van der Waals surface area contributed by atoms with Gasteiger partial charge in [-0.15, -0.1) is 0 Å². The van der Waals surface area contributed by atoms with Crippen molar-refractivity contribution in [3.05, 3.63) is 59.9 Å². The zero-order chi connectivity index (χ0) is 20.6. The fraction of sp³-hybridized carbons (Fsp3) is 0.273. The number of fused-ring (bicyclic) bond motifs is 1. The Morgan fingerprint density at radius 3 is 2.93 bits per heavy atom. The van der Waals surface area contributed by atoms with Crippen LogP contribution in [0.2, 0.25) is 0 Å². The molecule has 3 aromatic rings. The largest absolute Gasteiger partial charge is 0.371 e. The van der Waals surface area contributed by atoms with Gasteiger partial charge < -0.3 is 9.47 Å². The first-order valence-electron chi connectivity index (χ1n) is 9.56. The van der Waals surface area contributed by atoms with Crippen molar-refractivity contribution in [3.63, 3.8) is 0 Å². The van der Waals surface area contributed by atoms with Crippen LogP contribution in [0.1, 0.15) is 24.5 Å². The van der Waals surface area contributed by atoms with Crippen LogP contribution < -0.4 is 10.3 Å². The lowest BCUT2D eigenvalue weighted by atomic mass is 10.1. The number of amides is 1. The number of aryl methyl sites for hydroxylation is 1. The van der Waals surface area contributed by atoms with Crippen LogP contribution in [-0.4, -0.2) is 34.8 Å². The molecule has 2 aromatic carbocycles. The van der Waals surface area contributed by atoms with Crippen molar-refractivity contribution in [2.75, 3.05) is 18.0 Å². The smallest absolute Gasteiger partial charge is 0.260 e. The monoisotopic (exact) mass is 388 g/mol. The number of nitriles is 1. The van der Waals surface area contributed by atoms with Crippen LogP contribution in [0.5, 0.6) is 0 Å². The van der Waals surface area contributed by atoms with Crippen LogP contribution in [0.4, 0.5) is 5.69 Å². The zero-order valence-electron chi connectivity index (χ0n) is 16.7. The average Bonchev–Trinajstić information content (AvgIpc) is 3.13. The molecule has 3 rings (SSSR count). The van der Waals surface area contributed by atoms with Crippen LogP contribution >= 0.6 is 0 Å². The molecule has 0 radical (unpaired) electrons. The highest BCUT2D eigenvalue weighted by atomic mass is 16.2. The molecule has 0 saturated carbocycles. The van der Waals surface area contributed by atoms with E-state index < -0.39 is 0 Å². The van der Waals surface area contributed by atoms with Gasteiger partial charge in [-0.25, -0.2) is 10.4 Å². The standard InChI is InChI=1S/C22H24N6O/c1-3-27(12-6-11-23)19-10-9-18(17(2)13-19)14-25-26-22(29)15-28-16-24-20-7-4-5-8-21(20)28/h4-5,7-10,13-14,16H,3,6,12,15H2,1-2H3,(H,26,29)/b25-14-. The second-order valence-electron chi connectivity index (χ2n) is 6.68. The molecule has 0 aliphatic heterocycles. The van der Waals surface area contributed by atoms with E-state index >= 15 is 0 Å². The van der Waals surface area contributed by atoms with Crippen LogP contribution in [0.3, 0.4) is 0 Å². The molecule has 0 aliphatic carbocycles. The molecule has 0 atom stereocenters. The summed E-state index contributed by atoms with van der Waals surface area (Å²) < 4.78 is 1.79. The quantitative estimate of drug-likeness (QED) is 0.474. The number of nitrogens with one attached hydrogen (secondary N) is 1. The van der Waals surface area contributed by atoms with Crippen LogP contribution in [0, 0.1) is 18.3 Å². The Morgan fingerprint density at radius 2 is 2.17 bits per heavy atom. The minimum Gasteiger partial charge on any atom is -0.371 e. The molecule has 0 spiro atoms. The second-order valence-corrected chi connectivity index (χ2v) is 6.68. The van der Waals surface area contributed by atoms with Crippen LogP contribution in [0.15, 0.2) is 53.9 Å². The topological polar surface area (TPSA) is 86.3 Å². The lowest BCUT2D eigenvalue weighted by Gasteiger charge is -2.22. The number of imidazole rings is 1. The predicted molar refractivity (Wildman–Crippen MR) is 115 cm³/mol. The Bertz CT molecular complexity index is 1060. The number of nitrogens with zero attached hydrogens (tertiary/aromatic N) is 5. The molecule has 148 valence electrons. The van der Waals surface area contributed by atoms with E-state index in [9.17, 15) is 4.79 Å². The second kappa shape index (κ2) is 9.51. The number of hydrazone groups is 1. The molecule has 1 amide bonds. The number of anilines is 1. The van der Waals surface area contributed by atoms with Crippen molar-refractivity contribution < 1.29 is 4.79 Å². The van der Waals surface area contributed by atoms with Crippen molar-refractivity contribution in [1.29, 1.82) is 5.26 Å². The number of para-hydroxylation sites is 2. The van der Waals surface area contributed by atoms with Gasteiger partial charge in [0.25, 0.3) is 5.91 Å². The number of rotatable bonds is 8. The first-order valence-corrected chi connectivity index (χ1v) is 9.56. The molecular weight excluding hydrogens is 364 g/mol. The van der Waals surface area contributed by atoms with Gasteiger partial charge in [-0.1, -0.05) is 18.2 Å². The normalized spacial score (nSPS) is 10.9. The molecule has 1 heterocycles. The molecule has 0 bridgehead atoms. The highest BCUT2D eigenvalue weighted by molar-refractivity contribution is 5.85. The van der Waals surface area contributed by atoms with Crippen molar-refractivity contribution in [1.82, 2.24) is 15.0 Å². The van der Waals surface area contributed by atoms with E-state index in [-0.39, 0.29) is 12.5 Å². The van der Waals surface area contributed by atoms with Gasteiger partial charge in [0.05, 0.1) is 36.1 Å². The molecule has 0 unspecified atom stereocenters. The molecule has 1 N–H and O–H groups in total. The van der Waals surface area contributed by atoms with E-state index in [1.807, 2.05) is 43.3 Å². The van der Waals surface area contributed by atoms with Crippen molar-refractivity contribution in [2.45, 2.75) is 26.8 Å². The highest BCUT2D eigenvalue weighted by Gasteiger charge is 2.07. The molecule has 0 saturated heterocycles. The Balaban J connectivity index is 1.61. The van der Waals surface area contributed by atoms with Gasteiger partial charge in [-0.3, -0.25) is 4.79 Å². The number of aromatic nitrogens is 2. The van der Waals surface area contributed by atoms with E-state index in [1.54, 1.807) is 17.1 Å². The number of hydrogen-bond donors (Lipinski definition) is 1. The maximum absolute atomic E-state index is 12.2. The molecule has 7 nitrogen and oxygen atoms in total. The van der Waals surface area contributed by atoms with Crippen molar-refractivity contribution in [3.8, 4) is 6.07 Å². The SMILES string of the molecule is CCN(CCC#N)c1ccc(/C=N\NC(=O)Cn2cnc3ccccc32)c(C)c1. The summed E-state index contributed by atoms with van der Waals surface area (Å²) in [6.45, 7) is 5.77. The first-order chi connectivity index (χ1) is 14.1. The molecule has 7 heteroatoms. The van der Waals surface area contributed by atoms with E-state index in [2.05, 4.69) is 39.5 Å². The third-order valence-electron chi connectivity index (χ3n) is 4.73. The summed E-state index contributed by atoms with van der Waals surface area (Å²) in [5.41, 5.74) is 7.40. The predicted octanol–water partition coefficient (Wildman–Crippen LogP) is 3.24. The van der Waals surface area contributed by atoms with Gasteiger partial charge in [0, 0.05) is 18.8 Å². The Hall–Kier alpha value is -3.66. The first kappa shape index (κ1) is 20.1. The summed E-state index contributed by atoms with van der Waals surface area (Å²) >= 11 is 0. The Labute approximate surface area is 170 Å². The third-order valence-corrected chi connectivity index (χ3v) is 4.73. The van der Waals surface area contributed by atoms with Crippen LogP contribution in [-0.2, 0) is 11.3 Å². The lowest BCUT2D eigenvalue weighted by Crippen LogP contribution is -2.24.